The van der Waals surface area contributed by atoms with E-state index in [-0.39, 0.29) is 11.9 Å². The van der Waals surface area contributed by atoms with Gasteiger partial charge in [-0.2, -0.15) is 0 Å². The number of aromatic hydroxyl groups is 1. The molecule has 0 fully saturated rings. The first kappa shape index (κ1) is 12.0. The van der Waals surface area contributed by atoms with Gasteiger partial charge in [0.05, 0.1) is 6.10 Å². The number of aliphatic hydroxyl groups excluding tert-OH is 1. The largest absolute Gasteiger partial charge is 0.508 e. The van der Waals surface area contributed by atoms with Gasteiger partial charge in [0.1, 0.15) is 5.75 Å². The standard InChI is InChI=1S/C12H19NO2/c1-9(2)13-8-12(15)7-10-3-5-11(14)6-4-10/h3-6,9,12-15H,7-8H2,1-2H3. The van der Waals surface area contributed by atoms with Crippen molar-refractivity contribution in [2.75, 3.05) is 6.54 Å². The van der Waals surface area contributed by atoms with Gasteiger partial charge in [-0.05, 0) is 24.1 Å². The van der Waals surface area contributed by atoms with Crippen LogP contribution in [0.4, 0.5) is 0 Å². The summed E-state index contributed by atoms with van der Waals surface area (Å²) >= 11 is 0. The van der Waals surface area contributed by atoms with E-state index in [2.05, 4.69) is 5.32 Å². The van der Waals surface area contributed by atoms with Gasteiger partial charge in [0.2, 0.25) is 0 Å². The average Bonchev–Trinajstić information content (AvgIpc) is 2.19. The molecule has 0 aromatic heterocycles. The van der Waals surface area contributed by atoms with Gasteiger partial charge >= 0.3 is 0 Å². The Labute approximate surface area is 90.8 Å². The van der Waals surface area contributed by atoms with Gasteiger partial charge < -0.3 is 15.5 Å². The van der Waals surface area contributed by atoms with Crippen LogP contribution in [0.15, 0.2) is 24.3 Å². The molecule has 0 bridgehead atoms. The van der Waals surface area contributed by atoms with Crippen molar-refractivity contribution >= 4 is 0 Å². The number of phenols is 1. The van der Waals surface area contributed by atoms with Crippen molar-refractivity contribution in [3.8, 4) is 5.75 Å². The lowest BCUT2D eigenvalue weighted by Crippen LogP contribution is -2.32. The zero-order chi connectivity index (χ0) is 11.3. The molecule has 0 saturated carbocycles. The van der Waals surface area contributed by atoms with Gasteiger partial charge in [-0.1, -0.05) is 26.0 Å². The summed E-state index contributed by atoms with van der Waals surface area (Å²) in [5.41, 5.74) is 1.03. The SMILES string of the molecule is CC(C)NCC(O)Cc1ccc(O)cc1. The van der Waals surface area contributed by atoms with Crippen LogP contribution in [0.25, 0.3) is 0 Å². The van der Waals surface area contributed by atoms with Crippen molar-refractivity contribution in [3.63, 3.8) is 0 Å². The number of benzene rings is 1. The van der Waals surface area contributed by atoms with Gasteiger partial charge in [0.25, 0.3) is 0 Å². The number of rotatable bonds is 5. The maximum atomic E-state index is 9.70. The molecule has 3 nitrogen and oxygen atoms in total. The van der Waals surface area contributed by atoms with E-state index in [4.69, 9.17) is 5.11 Å². The van der Waals surface area contributed by atoms with Gasteiger partial charge in [0, 0.05) is 12.6 Å². The van der Waals surface area contributed by atoms with Crippen LogP contribution in [-0.2, 0) is 6.42 Å². The maximum absolute atomic E-state index is 9.70. The minimum Gasteiger partial charge on any atom is -0.508 e. The monoisotopic (exact) mass is 209 g/mol. The van der Waals surface area contributed by atoms with E-state index < -0.39 is 0 Å². The van der Waals surface area contributed by atoms with E-state index in [0.717, 1.165) is 5.56 Å². The highest BCUT2D eigenvalue weighted by atomic mass is 16.3. The lowest BCUT2D eigenvalue weighted by molar-refractivity contribution is 0.169. The highest BCUT2D eigenvalue weighted by Crippen LogP contribution is 2.11. The fourth-order valence-corrected chi connectivity index (χ4v) is 1.35. The maximum Gasteiger partial charge on any atom is 0.115 e. The average molecular weight is 209 g/mol. The smallest absolute Gasteiger partial charge is 0.115 e. The Hall–Kier alpha value is -1.06. The third-order valence-electron chi connectivity index (χ3n) is 2.17. The molecule has 3 N–H and O–H groups in total. The molecule has 0 radical (unpaired) electrons. The fraction of sp³-hybridized carbons (Fsp3) is 0.500. The van der Waals surface area contributed by atoms with Crippen molar-refractivity contribution in [2.45, 2.75) is 32.4 Å². The molecule has 1 aromatic rings. The number of hydrogen-bond donors (Lipinski definition) is 3. The fourth-order valence-electron chi connectivity index (χ4n) is 1.35. The van der Waals surface area contributed by atoms with E-state index in [1.54, 1.807) is 12.1 Å². The molecular weight excluding hydrogens is 190 g/mol. The van der Waals surface area contributed by atoms with Crippen molar-refractivity contribution < 1.29 is 10.2 Å². The van der Waals surface area contributed by atoms with E-state index in [9.17, 15) is 5.11 Å². The molecule has 0 saturated heterocycles. The predicted octanol–water partition coefficient (Wildman–Crippen LogP) is 1.29. The minimum absolute atomic E-state index is 0.258. The molecule has 15 heavy (non-hydrogen) atoms. The number of aliphatic hydroxyl groups is 1. The second kappa shape index (κ2) is 5.73. The Kier molecular flexibility index (Phi) is 4.59. The third kappa shape index (κ3) is 4.81. The van der Waals surface area contributed by atoms with Gasteiger partial charge in [-0.25, -0.2) is 0 Å². The Morgan fingerprint density at radius 3 is 2.33 bits per heavy atom. The molecule has 0 aliphatic carbocycles. The molecule has 3 heteroatoms. The summed E-state index contributed by atoms with van der Waals surface area (Å²) < 4.78 is 0. The molecule has 1 aromatic carbocycles. The molecule has 1 unspecified atom stereocenters. The molecule has 0 amide bonds. The van der Waals surface area contributed by atoms with E-state index >= 15 is 0 Å². The summed E-state index contributed by atoms with van der Waals surface area (Å²) in [6, 6.07) is 7.32. The minimum atomic E-state index is -0.378. The Morgan fingerprint density at radius 1 is 1.20 bits per heavy atom. The van der Waals surface area contributed by atoms with E-state index in [0.29, 0.717) is 19.0 Å². The summed E-state index contributed by atoms with van der Waals surface area (Å²) in [6.45, 7) is 4.69. The van der Waals surface area contributed by atoms with Crippen LogP contribution >= 0.6 is 0 Å². The molecular formula is C12H19NO2. The Bertz CT molecular complexity index is 282. The Balaban J connectivity index is 2.37. The van der Waals surface area contributed by atoms with Crippen molar-refractivity contribution in [1.82, 2.24) is 5.32 Å². The van der Waals surface area contributed by atoms with Crippen molar-refractivity contribution in [2.24, 2.45) is 0 Å². The molecule has 0 heterocycles. The highest BCUT2D eigenvalue weighted by molar-refractivity contribution is 5.26. The summed E-state index contributed by atoms with van der Waals surface area (Å²) in [7, 11) is 0. The lowest BCUT2D eigenvalue weighted by atomic mass is 10.1. The van der Waals surface area contributed by atoms with E-state index in [1.807, 2.05) is 26.0 Å². The third-order valence-corrected chi connectivity index (χ3v) is 2.17. The summed E-state index contributed by atoms with van der Waals surface area (Å²) in [4.78, 5) is 0. The summed E-state index contributed by atoms with van der Waals surface area (Å²) in [5.74, 6) is 0.258. The normalized spacial score (nSPS) is 13.1. The first-order valence-corrected chi connectivity index (χ1v) is 5.27. The van der Waals surface area contributed by atoms with Crippen LogP contribution in [0.2, 0.25) is 0 Å². The number of hydrogen-bond acceptors (Lipinski definition) is 3. The van der Waals surface area contributed by atoms with Crippen LogP contribution in [0.5, 0.6) is 5.75 Å². The van der Waals surface area contributed by atoms with E-state index in [1.165, 1.54) is 0 Å². The van der Waals surface area contributed by atoms with Gasteiger partial charge in [0.15, 0.2) is 0 Å². The molecule has 0 aliphatic rings. The molecule has 0 spiro atoms. The van der Waals surface area contributed by atoms with Crippen molar-refractivity contribution in [1.29, 1.82) is 0 Å². The van der Waals surface area contributed by atoms with Crippen LogP contribution in [0.1, 0.15) is 19.4 Å². The molecule has 1 rings (SSSR count). The summed E-state index contributed by atoms with van der Waals surface area (Å²) in [6.07, 6.45) is 0.233. The van der Waals surface area contributed by atoms with Crippen LogP contribution in [-0.4, -0.2) is 28.9 Å². The zero-order valence-corrected chi connectivity index (χ0v) is 9.27. The van der Waals surface area contributed by atoms with Crippen LogP contribution in [0, 0.1) is 0 Å². The van der Waals surface area contributed by atoms with Crippen molar-refractivity contribution in [3.05, 3.63) is 29.8 Å². The first-order chi connectivity index (χ1) is 7.08. The summed E-state index contributed by atoms with van der Waals surface area (Å²) in [5, 5.41) is 22.0. The number of phenolic OH excluding ortho intramolecular Hbond substituents is 1. The second-order valence-corrected chi connectivity index (χ2v) is 4.09. The predicted molar refractivity (Wildman–Crippen MR) is 61.0 cm³/mol. The zero-order valence-electron chi connectivity index (χ0n) is 9.27. The number of nitrogens with one attached hydrogen (secondary N) is 1. The van der Waals surface area contributed by atoms with Crippen LogP contribution in [0.3, 0.4) is 0 Å². The molecule has 84 valence electrons. The first-order valence-electron chi connectivity index (χ1n) is 5.27. The second-order valence-electron chi connectivity index (χ2n) is 4.09. The van der Waals surface area contributed by atoms with Crippen LogP contribution < -0.4 is 5.32 Å². The van der Waals surface area contributed by atoms with Gasteiger partial charge in [-0.15, -0.1) is 0 Å². The Morgan fingerprint density at radius 2 is 1.80 bits per heavy atom. The highest BCUT2D eigenvalue weighted by Gasteiger charge is 2.05. The van der Waals surface area contributed by atoms with Gasteiger partial charge in [-0.3, -0.25) is 0 Å². The quantitative estimate of drug-likeness (QED) is 0.685. The topological polar surface area (TPSA) is 52.5 Å². The lowest BCUT2D eigenvalue weighted by Gasteiger charge is -2.14. The molecule has 1 atom stereocenters. The molecule has 0 aliphatic heterocycles.